The number of nitrogens with two attached hydrogens (primary N) is 1. The van der Waals surface area contributed by atoms with Crippen molar-refractivity contribution in [2.75, 3.05) is 18.5 Å². The van der Waals surface area contributed by atoms with Crippen LogP contribution in [0.25, 0.3) is 0 Å². The van der Waals surface area contributed by atoms with Gasteiger partial charge in [-0.05, 0) is 49.6 Å². The summed E-state index contributed by atoms with van der Waals surface area (Å²) < 4.78 is 0. The highest BCUT2D eigenvalue weighted by molar-refractivity contribution is 6.30. The Morgan fingerprint density at radius 3 is 2.47 bits per heavy atom. The molecule has 1 aromatic rings. The molecule has 0 bridgehead atoms. The molecule has 0 aliphatic heterocycles. The van der Waals surface area contributed by atoms with Gasteiger partial charge in [-0.2, -0.15) is 0 Å². The van der Waals surface area contributed by atoms with Gasteiger partial charge in [-0.3, -0.25) is 0 Å². The lowest BCUT2D eigenvalue weighted by Gasteiger charge is -2.30. The van der Waals surface area contributed by atoms with Crippen molar-refractivity contribution in [2.45, 2.75) is 39.2 Å². The molecule has 0 saturated heterocycles. The molecule has 0 saturated carbocycles. The Bertz CT molecular complexity index is 348. The molecular weight excluding hydrogens is 232 g/mol. The van der Waals surface area contributed by atoms with E-state index in [0.717, 1.165) is 24.3 Å². The first-order valence-electron chi connectivity index (χ1n) is 6.35. The molecule has 1 rings (SSSR count). The molecule has 0 fully saturated rings. The largest absolute Gasteiger partial charge is 0.371 e. The lowest BCUT2D eigenvalue weighted by molar-refractivity contribution is 0.590. The fourth-order valence-electron chi connectivity index (χ4n) is 2.29. The lowest BCUT2D eigenvalue weighted by Crippen LogP contribution is -2.31. The predicted octanol–water partition coefficient (Wildman–Crippen LogP) is 3.47. The van der Waals surface area contributed by atoms with E-state index in [0.29, 0.717) is 12.6 Å². The Labute approximate surface area is 110 Å². The van der Waals surface area contributed by atoms with Crippen molar-refractivity contribution < 1.29 is 0 Å². The van der Waals surface area contributed by atoms with Crippen LogP contribution in [-0.2, 0) is 6.42 Å². The van der Waals surface area contributed by atoms with Gasteiger partial charge in [-0.15, -0.1) is 0 Å². The SMILES string of the molecule is CCC(CC)N(C)c1ccc(Cl)cc1CCN. The number of hydrogen-bond acceptors (Lipinski definition) is 2. The van der Waals surface area contributed by atoms with E-state index in [4.69, 9.17) is 17.3 Å². The fraction of sp³-hybridized carbons (Fsp3) is 0.571. The van der Waals surface area contributed by atoms with Crippen molar-refractivity contribution in [1.82, 2.24) is 0 Å². The molecule has 96 valence electrons. The number of anilines is 1. The average Bonchev–Trinajstić information content (AvgIpc) is 2.31. The van der Waals surface area contributed by atoms with E-state index in [9.17, 15) is 0 Å². The maximum atomic E-state index is 6.05. The first-order chi connectivity index (χ1) is 8.13. The summed E-state index contributed by atoms with van der Waals surface area (Å²) in [4.78, 5) is 2.35. The van der Waals surface area contributed by atoms with Gasteiger partial charge in [0, 0.05) is 23.8 Å². The molecule has 0 radical (unpaired) electrons. The van der Waals surface area contributed by atoms with Crippen molar-refractivity contribution in [1.29, 1.82) is 0 Å². The monoisotopic (exact) mass is 254 g/mol. The Balaban J connectivity index is 3.02. The van der Waals surface area contributed by atoms with Crippen molar-refractivity contribution >= 4 is 17.3 Å². The Hall–Kier alpha value is -0.730. The third kappa shape index (κ3) is 3.62. The zero-order valence-electron chi connectivity index (χ0n) is 11.0. The molecule has 0 aromatic heterocycles. The van der Waals surface area contributed by atoms with Crippen LogP contribution in [0.4, 0.5) is 5.69 Å². The smallest absolute Gasteiger partial charge is 0.0410 e. The highest BCUT2D eigenvalue weighted by atomic mass is 35.5. The maximum Gasteiger partial charge on any atom is 0.0410 e. The number of hydrogen-bond donors (Lipinski definition) is 1. The van der Waals surface area contributed by atoms with Gasteiger partial charge >= 0.3 is 0 Å². The second kappa shape index (κ2) is 6.87. The van der Waals surface area contributed by atoms with E-state index in [1.54, 1.807) is 0 Å². The average molecular weight is 255 g/mol. The van der Waals surface area contributed by atoms with E-state index in [-0.39, 0.29) is 0 Å². The molecule has 0 aliphatic carbocycles. The molecule has 0 unspecified atom stereocenters. The van der Waals surface area contributed by atoms with Crippen LogP contribution in [0.3, 0.4) is 0 Å². The minimum Gasteiger partial charge on any atom is -0.371 e. The first-order valence-corrected chi connectivity index (χ1v) is 6.73. The summed E-state index contributed by atoms with van der Waals surface area (Å²) in [6.07, 6.45) is 3.18. The molecular formula is C14H23ClN2. The molecule has 2 nitrogen and oxygen atoms in total. The van der Waals surface area contributed by atoms with Crippen molar-refractivity contribution in [2.24, 2.45) is 5.73 Å². The van der Waals surface area contributed by atoms with Crippen LogP contribution in [0.2, 0.25) is 5.02 Å². The van der Waals surface area contributed by atoms with Gasteiger partial charge in [-0.1, -0.05) is 25.4 Å². The number of rotatable bonds is 6. The van der Waals surface area contributed by atoms with E-state index >= 15 is 0 Å². The van der Waals surface area contributed by atoms with Gasteiger partial charge in [0.25, 0.3) is 0 Å². The highest BCUT2D eigenvalue weighted by Crippen LogP contribution is 2.26. The zero-order valence-corrected chi connectivity index (χ0v) is 11.8. The molecule has 17 heavy (non-hydrogen) atoms. The van der Waals surface area contributed by atoms with Gasteiger partial charge < -0.3 is 10.6 Å². The zero-order chi connectivity index (χ0) is 12.8. The van der Waals surface area contributed by atoms with Crippen LogP contribution in [0.15, 0.2) is 18.2 Å². The van der Waals surface area contributed by atoms with E-state index in [2.05, 4.69) is 31.9 Å². The number of benzene rings is 1. The minimum absolute atomic E-state index is 0.577. The third-order valence-electron chi connectivity index (χ3n) is 3.33. The summed E-state index contributed by atoms with van der Waals surface area (Å²) in [7, 11) is 2.15. The van der Waals surface area contributed by atoms with Gasteiger partial charge in [0.05, 0.1) is 0 Å². The normalized spacial score (nSPS) is 10.9. The molecule has 0 heterocycles. The second-order valence-corrected chi connectivity index (χ2v) is 4.83. The summed E-state index contributed by atoms with van der Waals surface area (Å²) in [5.74, 6) is 0. The van der Waals surface area contributed by atoms with Gasteiger partial charge in [-0.25, -0.2) is 0 Å². The summed E-state index contributed by atoms with van der Waals surface area (Å²) in [5.41, 5.74) is 8.16. The fourth-order valence-corrected chi connectivity index (χ4v) is 2.48. The predicted molar refractivity (Wildman–Crippen MR) is 77.0 cm³/mol. The molecule has 1 aromatic carbocycles. The quantitative estimate of drug-likeness (QED) is 0.842. The standard InChI is InChI=1S/C14H23ClN2/c1-4-13(5-2)17(3)14-7-6-12(15)10-11(14)8-9-16/h6-7,10,13H,4-5,8-9,16H2,1-3H3. The molecule has 0 aliphatic rings. The van der Waals surface area contributed by atoms with Crippen molar-refractivity contribution in [3.8, 4) is 0 Å². The molecule has 0 spiro atoms. The summed E-state index contributed by atoms with van der Waals surface area (Å²) in [6, 6.07) is 6.66. The topological polar surface area (TPSA) is 29.3 Å². The number of nitrogens with zero attached hydrogens (tertiary/aromatic N) is 1. The van der Waals surface area contributed by atoms with Gasteiger partial charge in [0.2, 0.25) is 0 Å². The highest BCUT2D eigenvalue weighted by Gasteiger charge is 2.14. The summed E-state index contributed by atoms with van der Waals surface area (Å²) >= 11 is 6.05. The Morgan fingerprint density at radius 1 is 1.29 bits per heavy atom. The summed E-state index contributed by atoms with van der Waals surface area (Å²) in [5, 5.41) is 0.787. The molecule has 0 amide bonds. The van der Waals surface area contributed by atoms with Gasteiger partial charge in [0.15, 0.2) is 0 Å². The molecule has 2 N–H and O–H groups in total. The van der Waals surface area contributed by atoms with Crippen LogP contribution >= 0.6 is 11.6 Å². The van der Waals surface area contributed by atoms with Crippen molar-refractivity contribution in [3.63, 3.8) is 0 Å². The van der Waals surface area contributed by atoms with Crippen LogP contribution in [-0.4, -0.2) is 19.6 Å². The Morgan fingerprint density at radius 2 is 1.94 bits per heavy atom. The van der Waals surface area contributed by atoms with Gasteiger partial charge in [0.1, 0.15) is 0 Å². The maximum absolute atomic E-state index is 6.05. The van der Waals surface area contributed by atoms with E-state index in [1.807, 2.05) is 12.1 Å². The van der Waals surface area contributed by atoms with Crippen LogP contribution in [0.1, 0.15) is 32.3 Å². The van der Waals surface area contributed by atoms with Crippen LogP contribution in [0.5, 0.6) is 0 Å². The Kier molecular flexibility index (Phi) is 5.79. The second-order valence-electron chi connectivity index (χ2n) is 4.39. The van der Waals surface area contributed by atoms with Crippen LogP contribution < -0.4 is 10.6 Å². The molecule has 3 heteroatoms. The molecule has 0 atom stereocenters. The number of halogens is 1. The van der Waals surface area contributed by atoms with Crippen LogP contribution in [0, 0.1) is 0 Å². The minimum atomic E-state index is 0.577. The summed E-state index contributed by atoms with van der Waals surface area (Å²) in [6.45, 7) is 5.11. The first kappa shape index (κ1) is 14.3. The lowest BCUT2D eigenvalue weighted by atomic mass is 10.1. The van der Waals surface area contributed by atoms with Crippen molar-refractivity contribution in [3.05, 3.63) is 28.8 Å². The van der Waals surface area contributed by atoms with E-state index in [1.165, 1.54) is 11.3 Å². The third-order valence-corrected chi connectivity index (χ3v) is 3.56. The van der Waals surface area contributed by atoms with E-state index < -0.39 is 0 Å².